The number of hydrazone groups is 1. The molecule has 0 amide bonds. The van der Waals surface area contributed by atoms with Crippen LogP contribution in [-0.4, -0.2) is 15.8 Å². The van der Waals surface area contributed by atoms with Crippen LogP contribution in [0.5, 0.6) is 0 Å². The largest absolute Gasteiger partial charge is 0.375 e. The summed E-state index contributed by atoms with van der Waals surface area (Å²) in [4.78, 5) is 4.27. The minimum Gasteiger partial charge on any atom is -0.375 e. The second-order valence-electron chi connectivity index (χ2n) is 4.07. The molecule has 0 aliphatic rings. The summed E-state index contributed by atoms with van der Waals surface area (Å²) in [7, 11) is 0. The number of allylic oxidation sites excluding steroid dienone is 1. The van der Waals surface area contributed by atoms with Crippen molar-refractivity contribution in [3.8, 4) is 0 Å². The minimum atomic E-state index is 0.112. The van der Waals surface area contributed by atoms with Gasteiger partial charge in [0.2, 0.25) is 0 Å². The molecule has 0 spiro atoms. The van der Waals surface area contributed by atoms with Gasteiger partial charge in [-0.3, -0.25) is 10.4 Å². The van der Waals surface area contributed by atoms with Crippen LogP contribution in [0, 0.1) is 0 Å². The number of aromatic nitrogens is 1. The van der Waals surface area contributed by atoms with E-state index in [0.29, 0.717) is 5.71 Å². The third kappa shape index (κ3) is 5.09. The minimum absolute atomic E-state index is 0.112. The molecule has 1 heterocycles. The zero-order valence-electron chi connectivity index (χ0n) is 11.0. The molecule has 0 bridgehead atoms. The third-order valence-corrected chi connectivity index (χ3v) is 3.14. The van der Waals surface area contributed by atoms with Crippen LogP contribution in [0.25, 0.3) is 6.08 Å². The first-order chi connectivity index (χ1) is 10.1. The smallest absolute Gasteiger partial charge is 0.184 e. The number of thiocarbonyl (C=S) groups is 1. The number of pyridine rings is 1. The second-order valence-corrected chi connectivity index (χ2v) is 5.43. The van der Waals surface area contributed by atoms with Gasteiger partial charge in [0.05, 0.1) is 5.69 Å². The monoisotopic (exact) mass is 360 g/mol. The lowest BCUT2D eigenvalue weighted by molar-refractivity contribution is 1.03. The lowest BCUT2D eigenvalue weighted by atomic mass is 10.1. The fourth-order valence-electron chi connectivity index (χ4n) is 1.56. The highest BCUT2D eigenvalue weighted by Crippen LogP contribution is 2.12. The van der Waals surface area contributed by atoms with Gasteiger partial charge in [-0.2, -0.15) is 5.10 Å². The van der Waals surface area contributed by atoms with Gasteiger partial charge in [-0.05, 0) is 48.1 Å². The van der Waals surface area contributed by atoms with E-state index in [2.05, 4.69) is 31.4 Å². The molecule has 0 aliphatic heterocycles. The number of hydrogen-bond acceptors (Lipinski definition) is 3. The van der Waals surface area contributed by atoms with Crippen LogP contribution >= 0.6 is 28.1 Å². The molecule has 1 aromatic heterocycles. The molecule has 2 aromatic rings. The van der Waals surface area contributed by atoms with Crippen molar-refractivity contribution in [1.29, 1.82) is 0 Å². The zero-order chi connectivity index (χ0) is 15.1. The lowest BCUT2D eigenvalue weighted by Crippen LogP contribution is -2.25. The summed E-state index contributed by atoms with van der Waals surface area (Å²) < 4.78 is 1.04. The van der Waals surface area contributed by atoms with E-state index in [1.165, 1.54) is 0 Å². The first-order valence-corrected chi connectivity index (χ1v) is 7.33. The summed E-state index contributed by atoms with van der Waals surface area (Å²) in [6, 6.07) is 13.6. The van der Waals surface area contributed by atoms with Crippen LogP contribution in [0.4, 0.5) is 0 Å². The Bertz CT molecular complexity index is 666. The van der Waals surface area contributed by atoms with Gasteiger partial charge in [0, 0.05) is 10.7 Å². The van der Waals surface area contributed by atoms with Gasteiger partial charge < -0.3 is 5.73 Å². The van der Waals surface area contributed by atoms with Crippen LogP contribution in [0.15, 0.2) is 64.3 Å². The van der Waals surface area contributed by atoms with Crippen LogP contribution in [0.1, 0.15) is 11.3 Å². The molecule has 3 N–H and O–H groups in total. The maximum absolute atomic E-state index is 5.41. The molecule has 4 nitrogen and oxygen atoms in total. The summed E-state index contributed by atoms with van der Waals surface area (Å²) in [5, 5.41) is 4.28. The molecule has 106 valence electrons. The summed E-state index contributed by atoms with van der Waals surface area (Å²) in [6.45, 7) is 0. The van der Waals surface area contributed by atoms with Crippen molar-refractivity contribution in [2.24, 2.45) is 10.8 Å². The number of hydrogen-bond donors (Lipinski definition) is 2. The van der Waals surface area contributed by atoms with E-state index in [0.717, 1.165) is 15.7 Å². The number of nitrogens with two attached hydrogens (primary N) is 1. The quantitative estimate of drug-likeness (QED) is 0.499. The molecule has 0 aliphatic carbocycles. The Morgan fingerprint density at radius 2 is 2.00 bits per heavy atom. The van der Waals surface area contributed by atoms with E-state index in [-0.39, 0.29) is 5.11 Å². The van der Waals surface area contributed by atoms with E-state index in [4.69, 9.17) is 18.0 Å². The average molecular weight is 361 g/mol. The topological polar surface area (TPSA) is 63.3 Å². The Balaban J connectivity index is 2.26. The summed E-state index contributed by atoms with van der Waals surface area (Å²) >= 11 is 8.17. The molecule has 1 aromatic carbocycles. The molecule has 0 radical (unpaired) electrons. The van der Waals surface area contributed by atoms with E-state index < -0.39 is 0 Å². The van der Waals surface area contributed by atoms with E-state index in [1.807, 2.05) is 54.6 Å². The predicted molar refractivity (Wildman–Crippen MR) is 93.9 cm³/mol. The summed E-state index contributed by atoms with van der Waals surface area (Å²) in [5.41, 5.74) is 10.4. The molecule has 6 heteroatoms. The van der Waals surface area contributed by atoms with Crippen LogP contribution in [0.3, 0.4) is 0 Å². The zero-order valence-corrected chi connectivity index (χ0v) is 13.4. The standard InChI is InChI=1S/C15H13BrN4S/c16-12-7-4-11(5-8-12)6-9-14(19-20-15(17)21)13-3-1-2-10-18-13/h1-10H,(H3,17,20,21). The molecule has 21 heavy (non-hydrogen) atoms. The fourth-order valence-corrected chi connectivity index (χ4v) is 1.87. The normalized spacial score (nSPS) is 11.6. The predicted octanol–water partition coefficient (Wildman–Crippen LogP) is 3.09. The van der Waals surface area contributed by atoms with Gasteiger partial charge in [0.1, 0.15) is 5.71 Å². The molecule has 2 rings (SSSR count). The van der Waals surface area contributed by atoms with Crippen LogP contribution < -0.4 is 11.2 Å². The highest BCUT2D eigenvalue weighted by molar-refractivity contribution is 9.10. The van der Waals surface area contributed by atoms with E-state index in [9.17, 15) is 0 Å². The van der Waals surface area contributed by atoms with Gasteiger partial charge >= 0.3 is 0 Å². The van der Waals surface area contributed by atoms with Crippen molar-refractivity contribution < 1.29 is 0 Å². The van der Waals surface area contributed by atoms with Crippen molar-refractivity contribution in [2.75, 3.05) is 0 Å². The Kier molecular flexibility index (Phi) is 5.59. The number of nitrogens with one attached hydrogen (secondary N) is 1. The molecular weight excluding hydrogens is 348 g/mol. The lowest BCUT2D eigenvalue weighted by Gasteiger charge is -2.02. The first kappa shape index (κ1) is 15.3. The fraction of sp³-hybridized carbons (Fsp3) is 0. The number of rotatable bonds is 4. The SMILES string of the molecule is NC(=S)NN=C(C=Cc1ccc(Br)cc1)c1ccccn1. The maximum atomic E-state index is 5.41. The first-order valence-electron chi connectivity index (χ1n) is 6.13. The Labute approximate surface area is 136 Å². The van der Waals surface area contributed by atoms with Gasteiger partial charge in [0.25, 0.3) is 0 Å². The molecule has 0 atom stereocenters. The summed E-state index contributed by atoms with van der Waals surface area (Å²) in [5.74, 6) is 0. The van der Waals surface area contributed by atoms with Gasteiger partial charge in [-0.15, -0.1) is 0 Å². The molecule has 0 unspecified atom stereocenters. The maximum Gasteiger partial charge on any atom is 0.184 e. The number of benzene rings is 1. The van der Waals surface area contributed by atoms with E-state index >= 15 is 0 Å². The molecule has 0 saturated heterocycles. The Morgan fingerprint density at radius 3 is 2.62 bits per heavy atom. The number of nitrogens with zero attached hydrogens (tertiary/aromatic N) is 2. The summed E-state index contributed by atoms with van der Waals surface area (Å²) in [6.07, 6.45) is 5.51. The highest BCUT2D eigenvalue weighted by atomic mass is 79.9. The Hall–Kier alpha value is -2.05. The molecular formula is C15H13BrN4S. The van der Waals surface area contributed by atoms with Crippen LogP contribution in [0.2, 0.25) is 0 Å². The third-order valence-electron chi connectivity index (χ3n) is 2.52. The highest BCUT2D eigenvalue weighted by Gasteiger charge is 2.01. The van der Waals surface area contributed by atoms with Gasteiger partial charge in [-0.25, -0.2) is 0 Å². The van der Waals surface area contributed by atoms with Gasteiger partial charge in [-0.1, -0.05) is 40.2 Å². The molecule has 0 saturated carbocycles. The molecule has 0 fully saturated rings. The average Bonchev–Trinajstić information content (AvgIpc) is 2.50. The van der Waals surface area contributed by atoms with Crippen molar-refractivity contribution in [3.63, 3.8) is 0 Å². The number of halogens is 1. The van der Waals surface area contributed by atoms with Crippen molar-refractivity contribution in [1.82, 2.24) is 10.4 Å². The van der Waals surface area contributed by atoms with E-state index in [1.54, 1.807) is 6.20 Å². The van der Waals surface area contributed by atoms with Crippen molar-refractivity contribution in [2.45, 2.75) is 0 Å². The van der Waals surface area contributed by atoms with Gasteiger partial charge in [0.15, 0.2) is 5.11 Å². The second kappa shape index (κ2) is 7.66. The Morgan fingerprint density at radius 1 is 1.24 bits per heavy atom. The van der Waals surface area contributed by atoms with Crippen LogP contribution in [-0.2, 0) is 0 Å². The van der Waals surface area contributed by atoms with Crippen molar-refractivity contribution in [3.05, 3.63) is 70.5 Å². The van der Waals surface area contributed by atoms with Crippen molar-refractivity contribution >= 4 is 45.0 Å².